The second kappa shape index (κ2) is 12.0. The van der Waals surface area contributed by atoms with Crippen LogP contribution in [0.5, 0.6) is 0 Å². The van der Waals surface area contributed by atoms with Crippen molar-refractivity contribution in [3.05, 3.63) is 82.9 Å². The van der Waals surface area contributed by atoms with Crippen molar-refractivity contribution < 1.29 is 9.53 Å². The summed E-state index contributed by atoms with van der Waals surface area (Å²) in [7, 11) is 0. The van der Waals surface area contributed by atoms with Gasteiger partial charge in [0.1, 0.15) is 17.2 Å². The standard InChI is InChI=1S/C34H41N7O2/c1-4-43-34(42)28-18-27(38-26-11-14-40(15-12-26)30-6-5-13-37-30)19-29-31(28)39-33(21(2)3)41(29)20-22-7-8-23-9-10-24(32(35)36)17-25(23)16-22/h6-10,16-19,21,26,37-38H,4-5,11-15,20H2,1-3H3,(H3,35,36). The molecule has 1 saturated heterocycles. The summed E-state index contributed by atoms with van der Waals surface area (Å²) >= 11 is 0. The first-order chi connectivity index (χ1) is 20.8. The normalized spacial score (nSPS) is 15.6. The van der Waals surface area contributed by atoms with Gasteiger partial charge < -0.3 is 30.6 Å². The molecule has 0 bridgehead atoms. The molecule has 6 rings (SSSR count). The minimum atomic E-state index is -0.354. The Kier molecular flexibility index (Phi) is 7.97. The largest absolute Gasteiger partial charge is 0.462 e. The van der Waals surface area contributed by atoms with E-state index in [2.05, 4.69) is 64.3 Å². The number of piperidine rings is 1. The van der Waals surface area contributed by atoms with Crippen molar-refractivity contribution >= 4 is 39.3 Å². The molecule has 3 heterocycles. The van der Waals surface area contributed by atoms with Crippen molar-refractivity contribution in [2.75, 3.05) is 31.6 Å². The zero-order chi connectivity index (χ0) is 30.1. The highest BCUT2D eigenvalue weighted by molar-refractivity contribution is 6.04. The number of nitrogens with two attached hydrogens (primary N) is 1. The lowest BCUT2D eigenvalue weighted by atomic mass is 10.0. The maximum atomic E-state index is 13.2. The summed E-state index contributed by atoms with van der Waals surface area (Å²) in [6, 6.07) is 16.6. The fourth-order valence-corrected chi connectivity index (χ4v) is 6.26. The zero-order valence-corrected chi connectivity index (χ0v) is 25.2. The molecule has 4 aromatic rings. The van der Waals surface area contributed by atoms with Gasteiger partial charge in [-0.1, -0.05) is 38.1 Å². The second-order valence-corrected chi connectivity index (χ2v) is 11.8. The summed E-state index contributed by atoms with van der Waals surface area (Å²) in [5.41, 5.74) is 10.6. The van der Waals surface area contributed by atoms with E-state index in [9.17, 15) is 4.79 Å². The number of carbonyl (C=O) groups is 1. The lowest BCUT2D eigenvalue weighted by Crippen LogP contribution is -2.40. The van der Waals surface area contributed by atoms with E-state index in [-0.39, 0.29) is 17.7 Å². The zero-order valence-electron chi connectivity index (χ0n) is 25.2. The quantitative estimate of drug-likeness (QED) is 0.117. The Bertz CT molecular complexity index is 1710. The van der Waals surface area contributed by atoms with Crippen LogP contribution in [-0.2, 0) is 11.3 Å². The van der Waals surface area contributed by atoms with Gasteiger partial charge in [0.2, 0.25) is 0 Å². The van der Waals surface area contributed by atoms with Gasteiger partial charge in [0.05, 0.1) is 23.5 Å². The van der Waals surface area contributed by atoms with Crippen molar-refractivity contribution in [2.24, 2.45) is 5.73 Å². The number of nitrogens with one attached hydrogen (secondary N) is 3. The fourth-order valence-electron chi connectivity index (χ4n) is 6.26. The number of nitrogen functional groups attached to an aromatic ring is 1. The van der Waals surface area contributed by atoms with Crippen LogP contribution in [0.3, 0.4) is 0 Å². The summed E-state index contributed by atoms with van der Waals surface area (Å²) in [5.74, 6) is 2.03. The number of aromatic nitrogens is 2. The van der Waals surface area contributed by atoms with Gasteiger partial charge in [-0.05, 0) is 72.9 Å². The summed E-state index contributed by atoms with van der Waals surface area (Å²) < 4.78 is 7.72. The number of hydrogen-bond donors (Lipinski definition) is 4. The molecule has 0 atom stereocenters. The predicted molar refractivity (Wildman–Crippen MR) is 173 cm³/mol. The van der Waals surface area contributed by atoms with Crippen LogP contribution in [0.4, 0.5) is 5.69 Å². The molecule has 9 nitrogen and oxygen atoms in total. The van der Waals surface area contributed by atoms with Gasteiger partial charge in [0.15, 0.2) is 0 Å². The number of carbonyl (C=O) groups excluding carboxylic acids is 1. The molecular weight excluding hydrogens is 538 g/mol. The first kappa shape index (κ1) is 28.6. The first-order valence-electron chi connectivity index (χ1n) is 15.3. The highest BCUT2D eigenvalue weighted by atomic mass is 16.5. The molecule has 0 radical (unpaired) electrons. The smallest absolute Gasteiger partial charge is 0.340 e. The molecule has 1 fully saturated rings. The number of rotatable bonds is 9. The Morgan fingerprint density at radius 3 is 2.63 bits per heavy atom. The second-order valence-electron chi connectivity index (χ2n) is 11.8. The molecule has 2 aliphatic rings. The van der Waals surface area contributed by atoms with Crippen LogP contribution in [0.1, 0.15) is 73.3 Å². The molecule has 0 unspecified atom stereocenters. The number of imidazole rings is 1. The van der Waals surface area contributed by atoms with Gasteiger partial charge in [0, 0.05) is 49.4 Å². The summed E-state index contributed by atoms with van der Waals surface area (Å²) in [5, 5.41) is 17.2. The van der Waals surface area contributed by atoms with Gasteiger partial charge in [-0.3, -0.25) is 5.41 Å². The molecule has 0 aliphatic carbocycles. The fraction of sp³-hybridized carbons (Fsp3) is 0.382. The summed E-state index contributed by atoms with van der Waals surface area (Å²) in [4.78, 5) is 20.7. The number of fused-ring (bicyclic) bond motifs is 2. The molecule has 2 aliphatic heterocycles. The van der Waals surface area contributed by atoms with E-state index in [0.717, 1.165) is 72.3 Å². The molecule has 3 aromatic carbocycles. The van der Waals surface area contributed by atoms with Crippen LogP contribution < -0.4 is 16.4 Å². The van der Waals surface area contributed by atoms with Crippen LogP contribution in [0, 0.1) is 5.41 Å². The molecule has 0 spiro atoms. The van der Waals surface area contributed by atoms with E-state index >= 15 is 0 Å². The Morgan fingerprint density at radius 1 is 1.14 bits per heavy atom. The molecule has 9 heteroatoms. The molecular formula is C34H41N7O2. The number of likely N-dealkylation sites (tertiary alicyclic amines) is 1. The average Bonchev–Trinajstić information content (AvgIpc) is 3.66. The van der Waals surface area contributed by atoms with Crippen molar-refractivity contribution in [3.63, 3.8) is 0 Å². The number of amidine groups is 1. The molecule has 1 aromatic heterocycles. The van der Waals surface area contributed by atoms with Gasteiger partial charge in [-0.2, -0.15) is 0 Å². The van der Waals surface area contributed by atoms with E-state index in [0.29, 0.717) is 35.8 Å². The summed E-state index contributed by atoms with van der Waals surface area (Å²) in [6.45, 7) is 9.99. The van der Waals surface area contributed by atoms with Crippen LogP contribution in [0.2, 0.25) is 0 Å². The highest BCUT2D eigenvalue weighted by Gasteiger charge is 2.25. The molecule has 224 valence electrons. The Labute approximate surface area is 252 Å². The molecule has 43 heavy (non-hydrogen) atoms. The SMILES string of the molecule is CCOC(=O)c1cc(NC2CCN(C3=CCCN3)CC2)cc2c1nc(C(C)C)n2Cc1ccc2ccc(C(=N)N)cc2c1. The maximum absolute atomic E-state index is 13.2. The van der Waals surface area contributed by atoms with Crippen molar-refractivity contribution in [1.29, 1.82) is 5.41 Å². The highest BCUT2D eigenvalue weighted by Crippen LogP contribution is 2.31. The van der Waals surface area contributed by atoms with E-state index in [1.165, 1.54) is 5.82 Å². The number of hydrogen-bond acceptors (Lipinski definition) is 7. The molecule has 5 N–H and O–H groups in total. The third-order valence-electron chi connectivity index (χ3n) is 8.45. The minimum absolute atomic E-state index is 0.0551. The number of anilines is 1. The first-order valence-corrected chi connectivity index (χ1v) is 15.3. The van der Waals surface area contributed by atoms with Crippen LogP contribution in [0.15, 0.2) is 60.4 Å². The van der Waals surface area contributed by atoms with E-state index in [1.807, 2.05) is 31.2 Å². The van der Waals surface area contributed by atoms with E-state index in [1.54, 1.807) is 0 Å². The average molecular weight is 580 g/mol. The van der Waals surface area contributed by atoms with Crippen molar-refractivity contribution in [1.82, 2.24) is 19.8 Å². The van der Waals surface area contributed by atoms with Gasteiger partial charge >= 0.3 is 5.97 Å². The van der Waals surface area contributed by atoms with Crippen molar-refractivity contribution in [2.45, 2.75) is 58.5 Å². The third-order valence-corrected chi connectivity index (χ3v) is 8.45. The molecule has 0 saturated carbocycles. The molecule has 0 amide bonds. The van der Waals surface area contributed by atoms with Crippen LogP contribution in [0.25, 0.3) is 21.8 Å². The Morgan fingerprint density at radius 2 is 1.93 bits per heavy atom. The van der Waals surface area contributed by atoms with E-state index in [4.69, 9.17) is 20.9 Å². The predicted octanol–water partition coefficient (Wildman–Crippen LogP) is 5.53. The van der Waals surface area contributed by atoms with Crippen LogP contribution >= 0.6 is 0 Å². The lowest BCUT2D eigenvalue weighted by molar-refractivity contribution is 0.0528. The summed E-state index contributed by atoms with van der Waals surface area (Å²) in [6.07, 6.45) is 5.41. The lowest BCUT2D eigenvalue weighted by Gasteiger charge is -2.35. The number of ether oxygens (including phenoxy) is 1. The van der Waals surface area contributed by atoms with Gasteiger partial charge in [0.25, 0.3) is 0 Å². The van der Waals surface area contributed by atoms with Crippen LogP contribution in [-0.4, -0.2) is 58.5 Å². The van der Waals surface area contributed by atoms with E-state index < -0.39 is 0 Å². The Balaban J connectivity index is 1.36. The monoisotopic (exact) mass is 579 g/mol. The van der Waals surface area contributed by atoms with Crippen molar-refractivity contribution in [3.8, 4) is 0 Å². The van der Waals surface area contributed by atoms with Gasteiger partial charge in [-0.25, -0.2) is 9.78 Å². The van der Waals surface area contributed by atoms with Gasteiger partial charge in [-0.15, -0.1) is 0 Å². The Hall–Kier alpha value is -4.53. The maximum Gasteiger partial charge on any atom is 0.340 e. The number of nitrogens with zero attached hydrogens (tertiary/aromatic N) is 3. The third kappa shape index (κ3) is 5.89. The minimum Gasteiger partial charge on any atom is -0.462 e. The topological polar surface area (TPSA) is 121 Å². The number of esters is 1. The number of benzene rings is 3.